The van der Waals surface area contributed by atoms with Crippen LogP contribution in [-0.2, 0) is 9.47 Å². The summed E-state index contributed by atoms with van der Waals surface area (Å²) in [7, 11) is 1.73. The minimum absolute atomic E-state index is 0. The largest absolute Gasteiger partial charge is 0.450 e. The first-order chi connectivity index (χ1) is 13.7. The zero-order valence-electron chi connectivity index (χ0n) is 18.9. The SMILES string of the molecule is CCOC(=O)N1CCC(NC(=NC)NCCN(C(=O)OC(C)(C)C)C2CC2)CC1.I. The van der Waals surface area contributed by atoms with Gasteiger partial charge in [0.2, 0.25) is 0 Å². The molecule has 0 aromatic carbocycles. The van der Waals surface area contributed by atoms with Crippen molar-refractivity contribution in [2.24, 2.45) is 4.99 Å². The van der Waals surface area contributed by atoms with Crippen LogP contribution in [0.1, 0.15) is 53.4 Å². The van der Waals surface area contributed by atoms with Gasteiger partial charge in [-0.05, 0) is 53.4 Å². The molecule has 0 radical (unpaired) electrons. The second-order valence-electron chi connectivity index (χ2n) is 8.51. The zero-order valence-corrected chi connectivity index (χ0v) is 21.2. The molecule has 9 nitrogen and oxygen atoms in total. The highest BCUT2D eigenvalue weighted by molar-refractivity contribution is 14.0. The maximum Gasteiger partial charge on any atom is 0.410 e. The molecule has 174 valence electrons. The molecule has 0 bridgehead atoms. The monoisotopic (exact) mass is 539 g/mol. The van der Waals surface area contributed by atoms with Gasteiger partial charge in [-0.25, -0.2) is 9.59 Å². The van der Waals surface area contributed by atoms with E-state index in [0.29, 0.717) is 38.7 Å². The van der Waals surface area contributed by atoms with Crippen LogP contribution in [0.4, 0.5) is 9.59 Å². The predicted molar refractivity (Wildman–Crippen MR) is 127 cm³/mol. The Morgan fingerprint density at radius 3 is 2.30 bits per heavy atom. The number of ether oxygens (including phenoxy) is 2. The Balaban J connectivity index is 0.00000450. The van der Waals surface area contributed by atoms with Gasteiger partial charge < -0.3 is 29.9 Å². The Hall–Kier alpha value is -1.46. The maximum absolute atomic E-state index is 12.4. The van der Waals surface area contributed by atoms with Crippen molar-refractivity contribution in [3.8, 4) is 0 Å². The standard InChI is InChI=1S/C20H37N5O4.HI/c1-6-28-18(26)24-12-9-15(10-13-24)23-17(21-5)22-11-14-25(16-7-8-16)19(27)29-20(2,3)4;/h15-16H,6-14H2,1-5H3,(H2,21,22,23);1H. The lowest BCUT2D eigenvalue weighted by molar-refractivity contribution is 0.0237. The Kier molecular flexibility index (Phi) is 11.0. The van der Waals surface area contributed by atoms with Gasteiger partial charge in [0.1, 0.15) is 5.60 Å². The molecule has 0 aromatic heterocycles. The average molecular weight is 539 g/mol. The van der Waals surface area contributed by atoms with Crippen molar-refractivity contribution in [1.82, 2.24) is 20.4 Å². The summed E-state index contributed by atoms with van der Waals surface area (Å²) in [5.41, 5.74) is -0.492. The van der Waals surface area contributed by atoms with Crippen LogP contribution >= 0.6 is 24.0 Å². The number of aliphatic imine (C=N–C) groups is 1. The van der Waals surface area contributed by atoms with Crippen molar-refractivity contribution in [1.29, 1.82) is 0 Å². The number of carbonyl (C=O) groups is 2. The molecule has 0 atom stereocenters. The third-order valence-corrected chi connectivity index (χ3v) is 4.85. The number of guanidine groups is 1. The Morgan fingerprint density at radius 2 is 1.80 bits per heavy atom. The molecule has 1 saturated heterocycles. The number of halogens is 1. The van der Waals surface area contributed by atoms with Gasteiger partial charge in [-0.1, -0.05) is 0 Å². The molecule has 30 heavy (non-hydrogen) atoms. The minimum Gasteiger partial charge on any atom is -0.450 e. The van der Waals surface area contributed by atoms with Gasteiger partial charge in [-0.3, -0.25) is 4.99 Å². The van der Waals surface area contributed by atoms with Gasteiger partial charge in [0.25, 0.3) is 0 Å². The summed E-state index contributed by atoms with van der Waals surface area (Å²) in [6.45, 7) is 10.4. The van der Waals surface area contributed by atoms with Crippen LogP contribution in [0.2, 0.25) is 0 Å². The summed E-state index contributed by atoms with van der Waals surface area (Å²) < 4.78 is 10.6. The van der Waals surface area contributed by atoms with Gasteiger partial charge in [-0.15, -0.1) is 24.0 Å². The van der Waals surface area contributed by atoms with E-state index in [0.717, 1.165) is 25.7 Å². The third kappa shape index (κ3) is 9.13. The number of nitrogens with one attached hydrogen (secondary N) is 2. The van der Waals surface area contributed by atoms with Crippen LogP contribution in [0.3, 0.4) is 0 Å². The quantitative estimate of drug-likeness (QED) is 0.306. The van der Waals surface area contributed by atoms with Gasteiger partial charge in [0.15, 0.2) is 5.96 Å². The lowest BCUT2D eigenvalue weighted by Crippen LogP contribution is -2.51. The summed E-state index contributed by atoms with van der Waals surface area (Å²) in [4.78, 5) is 32.1. The molecule has 10 heteroatoms. The van der Waals surface area contributed by atoms with Crippen LogP contribution in [-0.4, -0.2) is 85.5 Å². The maximum atomic E-state index is 12.4. The second-order valence-corrected chi connectivity index (χ2v) is 8.51. The van der Waals surface area contributed by atoms with Gasteiger partial charge in [0, 0.05) is 45.3 Å². The first-order valence-corrected chi connectivity index (χ1v) is 10.6. The third-order valence-electron chi connectivity index (χ3n) is 4.85. The van der Waals surface area contributed by atoms with E-state index >= 15 is 0 Å². The van der Waals surface area contributed by atoms with E-state index in [-0.39, 0.29) is 48.2 Å². The normalized spacial score (nSPS) is 17.6. The molecule has 2 rings (SSSR count). The topological polar surface area (TPSA) is 95.5 Å². The van der Waals surface area contributed by atoms with Crippen molar-refractivity contribution in [3.63, 3.8) is 0 Å². The fourth-order valence-electron chi connectivity index (χ4n) is 3.23. The summed E-state index contributed by atoms with van der Waals surface area (Å²) in [6, 6.07) is 0.533. The molecular formula is C20H38IN5O4. The molecule has 2 amide bonds. The van der Waals surface area contributed by atoms with Crippen molar-refractivity contribution in [3.05, 3.63) is 0 Å². The molecule has 2 fully saturated rings. The molecule has 2 aliphatic rings. The predicted octanol–water partition coefficient (Wildman–Crippen LogP) is 2.79. The van der Waals surface area contributed by atoms with E-state index in [2.05, 4.69) is 15.6 Å². The fourth-order valence-corrected chi connectivity index (χ4v) is 3.23. The van der Waals surface area contributed by atoms with Gasteiger partial charge >= 0.3 is 12.2 Å². The van der Waals surface area contributed by atoms with Crippen LogP contribution in [0.5, 0.6) is 0 Å². The Morgan fingerprint density at radius 1 is 1.17 bits per heavy atom. The number of likely N-dealkylation sites (tertiary alicyclic amines) is 1. The highest BCUT2D eigenvalue weighted by atomic mass is 127. The summed E-state index contributed by atoms with van der Waals surface area (Å²) in [6.07, 6.45) is 3.25. The fraction of sp³-hybridized carbons (Fsp3) is 0.850. The van der Waals surface area contributed by atoms with Gasteiger partial charge in [0.05, 0.1) is 6.61 Å². The lowest BCUT2D eigenvalue weighted by atomic mass is 10.1. The number of nitrogens with zero attached hydrogens (tertiary/aromatic N) is 3. The van der Waals surface area contributed by atoms with Crippen LogP contribution in [0.25, 0.3) is 0 Å². The first-order valence-electron chi connectivity index (χ1n) is 10.6. The number of amides is 2. The Labute approximate surface area is 197 Å². The highest BCUT2D eigenvalue weighted by Gasteiger charge is 2.35. The van der Waals surface area contributed by atoms with Crippen LogP contribution in [0.15, 0.2) is 4.99 Å². The van der Waals surface area contributed by atoms with Crippen molar-refractivity contribution < 1.29 is 19.1 Å². The molecule has 2 N–H and O–H groups in total. The summed E-state index contributed by atoms with van der Waals surface area (Å²) in [5.74, 6) is 0.708. The molecule has 1 aliphatic heterocycles. The van der Waals surface area contributed by atoms with Gasteiger partial charge in [-0.2, -0.15) is 0 Å². The lowest BCUT2D eigenvalue weighted by Gasteiger charge is -2.32. The van der Waals surface area contributed by atoms with E-state index < -0.39 is 5.60 Å². The van der Waals surface area contributed by atoms with Crippen LogP contribution < -0.4 is 10.6 Å². The van der Waals surface area contributed by atoms with E-state index in [4.69, 9.17) is 9.47 Å². The number of rotatable bonds is 6. The highest BCUT2D eigenvalue weighted by Crippen LogP contribution is 2.28. The molecular weight excluding hydrogens is 501 g/mol. The van der Waals surface area contributed by atoms with E-state index in [1.807, 2.05) is 32.6 Å². The van der Waals surface area contributed by atoms with E-state index in [9.17, 15) is 9.59 Å². The zero-order chi connectivity index (χ0) is 21.4. The summed E-state index contributed by atoms with van der Waals surface area (Å²) in [5, 5.41) is 6.69. The van der Waals surface area contributed by atoms with Crippen LogP contribution in [0, 0.1) is 0 Å². The second kappa shape index (κ2) is 12.4. The molecule has 1 aliphatic carbocycles. The van der Waals surface area contributed by atoms with Crippen molar-refractivity contribution >= 4 is 42.1 Å². The number of hydrogen-bond acceptors (Lipinski definition) is 5. The number of piperidine rings is 1. The average Bonchev–Trinajstić information content (AvgIpc) is 3.48. The first kappa shape index (κ1) is 26.6. The minimum atomic E-state index is -0.492. The Bertz CT molecular complexity index is 584. The van der Waals surface area contributed by atoms with E-state index in [1.54, 1.807) is 11.9 Å². The number of hydrogen-bond donors (Lipinski definition) is 2. The van der Waals surface area contributed by atoms with E-state index in [1.165, 1.54) is 0 Å². The molecule has 1 saturated carbocycles. The molecule has 0 aromatic rings. The summed E-state index contributed by atoms with van der Waals surface area (Å²) >= 11 is 0. The molecule has 1 heterocycles. The van der Waals surface area contributed by atoms with Crippen molar-refractivity contribution in [2.45, 2.75) is 71.1 Å². The molecule has 0 spiro atoms. The number of carbonyl (C=O) groups excluding carboxylic acids is 2. The van der Waals surface area contributed by atoms with Crippen molar-refractivity contribution in [2.75, 3.05) is 39.8 Å². The smallest absolute Gasteiger partial charge is 0.410 e. The molecule has 0 unspecified atom stereocenters.